The van der Waals surface area contributed by atoms with Crippen LogP contribution in [0, 0.1) is 28.6 Å². The average Bonchev–Trinajstić information content (AvgIpc) is 2.14. The van der Waals surface area contributed by atoms with Crippen molar-refractivity contribution in [1.82, 2.24) is 0 Å². The molecule has 16 heavy (non-hydrogen) atoms. The van der Waals surface area contributed by atoms with Gasteiger partial charge in [0, 0.05) is 0 Å². The molecule has 0 radical (unpaired) electrons. The Labute approximate surface area is 103 Å². The van der Waals surface area contributed by atoms with Crippen LogP contribution in [0.1, 0.15) is 74.1 Å². The fourth-order valence-electron chi connectivity index (χ4n) is 3.19. The molecule has 0 bridgehead atoms. The molecule has 1 saturated carbocycles. The maximum absolute atomic E-state index is 2.46. The van der Waals surface area contributed by atoms with Crippen LogP contribution in [-0.4, -0.2) is 0 Å². The van der Waals surface area contributed by atoms with Crippen LogP contribution >= 0.6 is 0 Å². The van der Waals surface area contributed by atoms with E-state index in [2.05, 4.69) is 48.5 Å². The lowest BCUT2D eigenvalue weighted by Crippen LogP contribution is -2.32. The van der Waals surface area contributed by atoms with Gasteiger partial charge < -0.3 is 0 Å². The second kappa shape index (κ2) is 4.70. The highest BCUT2D eigenvalue weighted by Crippen LogP contribution is 2.45. The molecule has 0 N–H and O–H groups in total. The van der Waals surface area contributed by atoms with E-state index in [1.165, 1.54) is 25.7 Å². The minimum absolute atomic E-state index is 0.485. The standard InChI is InChI=1S/C16H32/c1-12(15(2,3)4)13-8-10-14(11-9-13)16(5,6)7/h12-14H,8-11H2,1-7H3. The Balaban J connectivity index is 2.50. The molecule has 0 aromatic carbocycles. The molecular weight excluding hydrogens is 192 g/mol. The fourth-order valence-corrected chi connectivity index (χ4v) is 3.19. The van der Waals surface area contributed by atoms with Gasteiger partial charge in [0.25, 0.3) is 0 Å². The van der Waals surface area contributed by atoms with E-state index in [-0.39, 0.29) is 0 Å². The van der Waals surface area contributed by atoms with Crippen LogP contribution in [0.4, 0.5) is 0 Å². The number of hydrogen-bond donors (Lipinski definition) is 0. The molecule has 1 aliphatic carbocycles. The van der Waals surface area contributed by atoms with Gasteiger partial charge in [-0.05, 0) is 54.3 Å². The van der Waals surface area contributed by atoms with Crippen LogP contribution in [0.15, 0.2) is 0 Å². The van der Waals surface area contributed by atoms with E-state index in [0.717, 1.165) is 17.8 Å². The highest BCUT2D eigenvalue weighted by Gasteiger charge is 2.34. The predicted molar refractivity (Wildman–Crippen MR) is 73.5 cm³/mol. The van der Waals surface area contributed by atoms with Crippen molar-refractivity contribution in [3.8, 4) is 0 Å². The molecule has 0 spiro atoms. The Morgan fingerprint density at radius 3 is 1.56 bits per heavy atom. The van der Waals surface area contributed by atoms with Crippen LogP contribution in [0.5, 0.6) is 0 Å². The predicted octanol–water partition coefficient (Wildman–Crippen LogP) is 5.52. The highest BCUT2D eigenvalue weighted by atomic mass is 14.4. The van der Waals surface area contributed by atoms with Crippen molar-refractivity contribution in [2.75, 3.05) is 0 Å². The molecule has 1 rings (SSSR count). The molecule has 1 aliphatic rings. The zero-order valence-electron chi connectivity index (χ0n) is 12.6. The Kier molecular flexibility index (Phi) is 4.13. The van der Waals surface area contributed by atoms with Gasteiger partial charge in [0.1, 0.15) is 0 Å². The van der Waals surface area contributed by atoms with Gasteiger partial charge in [0.15, 0.2) is 0 Å². The Bertz CT molecular complexity index is 205. The Hall–Kier alpha value is 0. The summed E-state index contributed by atoms with van der Waals surface area (Å²) in [4.78, 5) is 0. The van der Waals surface area contributed by atoms with Gasteiger partial charge in [0.2, 0.25) is 0 Å². The first-order chi connectivity index (χ1) is 7.12. The lowest BCUT2D eigenvalue weighted by molar-refractivity contribution is 0.0865. The topological polar surface area (TPSA) is 0 Å². The van der Waals surface area contributed by atoms with Gasteiger partial charge in [-0.3, -0.25) is 0 Å². The van der Waals surface area contributed by atoms with Crippen molar-refractivity contribution in [1.29, 1.82) is 0 Å². The maximum atomic E-state index is 2.46. The summed E-state index contributed by atoms with van der Waals surface area (Å²) in [7, 11) is 0. The van der Waals surface area contributed by atoms with Crippen molar-refractivity contribution in [3.63, 3.8) is 0 Å². The third-order valence-electron chi connectivity index (χ3n) is 5.07. The molecule has 0 heterocycles. The molecular formula is C16H32. The van der Waals surface area contributed by atoms with Crippen LogP contribution < -0.4 is 0 Å². The first-order valence-corrected chi connectivity index (χ1v) is 7.12. The number of rotatable bonds is 1. The normalized spacial score (nSPS) is 30.2. The van der Waals surface area contributed by atoms with E-state index >= 15 is 0 Å². The van der Waals surface area contributed by atoms with Gasteiger partial charge >= 0.3 is 0 Å². The quantitative estimate of drug-likeness (QED) is 0.550. The van der Waals surface area contributed by atoms with Gasteiger partial charge in [-0.2, -0.15) is 0 Å². The molecule has 0 aliphatic heterocycles. The van der Waals surface area contributed by atoms with E-state index in [1.54, 1.807) is 0 Å². The summed E-state index contributed by atoms with van der Waals surface area (Å²) in [5.41, 5.74) is 1.01. The summed E-state index contributed by atoms with van der Waals surface area (Å²) in [6.45, 7) is 16.9. The van der Waals surface area contributed by atoms with E-state index in [4.69, 9.17) is 0 Å². The lowest BCUT2D eigenvalue weighted by Gasteiger charge is -2.42. The van der Waals surface area contributed by atoms with E-state index < -0.39 is 0 Å². The fraction of sp³-hybridized carbons (Fsp3) is 1.00. The second-order valence-corrected chi connectivity index (χ2v) is 8.13. The van der Waals surface area contributed by atoms with Crippen molar-refractivity contribution < 1.29 is 0 Å². The highest BCUT2D eigenvalue weighted by molar-refractivity contribution is 4.85. The lowest BCUT2D eigenvalue weighted by atomic mass is 9.64. The molecule has 0 aromatic rings. The summed E-state index contributed by atoms with van der Waals surface area (Å²) < 4.78 is 0. The molecule has 0 saturated heterocycles. The minimum atomic E-state index is 0.485. The van der Waals surface area contributed by atoms with Crippen LogP contribution in [0.3, 0.4) is 0 Å². The SMILES string of the molecule is CC(C1CCC(C(C)(C)C)CC1)C(C)(C)C. The van der Waals surface area contributed by atoms with Crippen LogP contribution in [0.25, 0.3) is 0 Å². The monoisotopic (exact) mass is 224 g/mol. The summed E-state index contributed by atoms with van der Waals surface area (Å²) in [5.74, 6) is 2.79. The first-order valence-electron chi connectivity index (χ1n) is 7.12. The molecule has 1 unspecified atom stereocenters. The third-order valence-corrected chi connectivity index (χ3v) is 5.07. The average molecular weight is 224 g/mol. The number of hydrogen-bond acceptors (Lipinski definition) is 0. The Morgan fingerprint density at radius 2 is 1.25 bits per heavy atom. The second-order valence-electron chi connectivity index (χ2n) is 8.13. The zero-order valence-corrected chi connectivity index (χ0v) is 12.6. The molecule has 0 aromatic heterocycles. The third kappa shape index (κ3) is 3.50. The van der Waals surface area contributed by atoms with Gasteiger partial charge in [0.05, 0.1) is 0 Å². The van der Waals surface area contributed by atoms with Crippen molar-refractivity contribution in [3.05, 3.63) is 0 Å². The smallest absolute Gasteiger partial charge is 0.0354 e. The summed E-state index contributed by atoms with van der Waals surface area (Å²) in [6.07, 6.45) is 5.82. The molecule has 0 nitrogen and oxygen atoms in total. The molecule has 96 valence electrons. The molecule has 1 fully saturated rings. The molecule has 0 heteroatoms. The largest absolute Gasteiger partial charge is 0.0617 e. The van der Waals surface area contributed by atoms with Crippen molar-refractivity contribution >= 4 is 0 Å². The van der Waals surface area contributed by atoms with Gasteiger partial charge in [-0.25, -0.2) is 0 Å². The maximum Gasteiger partial charge on any atom is -0.0354 e. The van der Waals surface area contributed by atoms with Crippen molar-refractivity contribution in [2.24, 2.45) is 28.6 Å². The summed E-state index contributed by atoms with van der Waals surface area (Å²) in [6, 6.07) is 0. The van der Waals surface area contributed by atoms with Gasteiger partial charge in [-0.15, -0.1) is 0 Å². The molecule has 1 atom stereocenters. The summed E-state index contributed by atoms with van der Waals surface area (Å²) in [5, 5.41) is 0. The van der Waals surface area contributed by atoms with E-state index in [9.17, 15) is 0 Å². The summed E-state index contributed by atoms with van der Waals surface area (Å²) >= 11 is 0. The van der Waals surface area contributed by atoms with Gasteiger partial charge in [-0.1, -0.05) is 48.5 Å². The van der Waals surface area contributed by atoms with Crippen LogP contribution in [0.2, 0.25) is 0 Å². The zero-order chi connectivity index (χ0) is 12.6. The van der Waals surface area contributed by atoms with Crippen molar-refractivity contribution in [2.45, 2.75) is 74.1 Å². The van der Waals surface area contributed by atoms with E-state index in [1.807, 2.05) is 0 Å². The van der Waals surface area contributed by atoms with E-state index in [0.29, 0.717) is 10.8 Å². The minimum Gasteiger partial charge on any atom is -0.0617 e. The first kappa shape index (κ1) is 14.1. The van der Waals surface area contributed by atoms with Crippen LogP contribution in [-0.2, 0) is 0 Å². The Morgan fingerprint density at radius 1 is 0.812 bits per heavy atom. The molecule has 0 amide bonds.